The Morgan fingerprint density at radius 2 is 1.17 bits per heavy atom. The van der Waals surface area contributed by atoms with Gasteiger partial charge in [0.25, 0.3) is 0 Å². The first-order valence-corrected chi connectivity index (χ1v) is 8.31. The van der Waals surface area contributed by atoms with Crippen LogP contribution in [0, 0.1) is 0 Å². The fourth-order valence-electron chi connectivity index (χ4n) is 4.40. The van der Waals surface area contributed by atoms with Crippen LogP contribution in [0.15, 0.2) is 78.4 Å². The second kappa shape index (κ2) is 4.70. The first-order valence-electron chi connectivity index (χ1n) is 8.31. The lowest BCUT2D eigenvalue weighted by atomic mass is 9.86. The fourth-order valence-corrected chi connectivity index (χ4v) is 4.40. The van der Waals surface area contributed by atoms with Crippen molar-refractivity contribution in [1.29, 1.82) is 0 Å². The van der Waals surface area contributed by atoms with Crippen LogP contribution in [0.2, 0.25) is 0 Å². The number of hydrogen-bond donors (Lipinski definition) is 0. The molecule has 0 bridgehead atoms. The number of rotatable bonds is 1. The summed E-state index contributed by atoms with van der Waals surface area (Å²) in [6.45, 7) is 2.30. The van der Waals surface area contributed by atoms with Gasteiger partial charge >= 0.3 is 0 Å². The molecule has 0 saturated heterocycles. The Balaban J connectivity index is 1.75. The molecule has 0 heteroatoms. The molecule has 0 fully saturated rings. The molecule has 0 nitrogen and oxygen atoms in total. The molecule has 5 rings (SSSR count). The predicted octanol–water partition coefficient (Wildman–Crippen LogP) is 5.83. The summed E-state index contributed by atoms with van der Waals surface area (Å²) in [6.07, 6.45) is 1.08. The van der Waals surface area contributed by atoms with Gasteiger partial charge in [0.2, 0.25) is 0 Å². The van der Waals surface area contributed by atoms with E-state index in [-0.39, 0.29) is 0 Å². The third-order valence-corrected chi connectivity index (χ3v) is 5.47. The maximum absolute atomic E-state index is 2.31. The van der Waals surface area contributed by atoms with Gasteiger partial charge in [-0.05, 0) is 52.3 Å². The monoisotopic (exact) mass is 294 g/mol. The highest BCUT2D eigenvalue weighted by Gasteiger charge is 2.34. The standard InChI is InChI=1S/C23H18/c1-15-17-9-3-2-8-16(17)14-22(15)23-20-12-6-4-10-18(20)19-11-5-7-13-21(19)23/h2-13,23H,14H2,1H3. The SMILES string of the molecule is CC1=C(C2c3ccccc3-c3ccccc32)Cc2ccccc21. The van der Waals surface area contributed by atoms with E-state index in [1.165, 1.54) is 39.0 Å². The topological polar surface area (TPSA) is 0 Å². The molecule has 0 radical (unpaired) electrons. The Labute approximate surface area is 137 Å². The Bertz CT molecular complexity index is 914. The van der Waals surface area contributed by atoms with Crippen molar-refractivity contribution in [3.05, 3.63) is 101 Å². The zero-order valence-corrected chi connectivity index (χ0v) is 13.2. The first-order chi connectivity index (χ1) is 11.3. The van der Waals surface area contributed by atoms with Crippen LogP contribution in [0.4, 0.5) is 0 Å². The quantitative estimate of drug-likeness (QED) is 0.530. The van der Waals surface area contributed by atoms with E-state index in [9.17, 15) is 0 Å². The van der Waals surface area contributed by atoms with Crippen LogP contribution in [0.5, 0.6) is 0 Å². The van der Waals surface area contributed by atoms with Crippen molar-refractivity contribution in [1.82, 2.24) is 0 Å². The molecule has 0 atom stereocenters. The second-order valence-corrected chi connectivity index (χ2v) is 6.59. The van der Waals surface area contributed by atoms with E-state index >= 15 is 0 Å². The predicted molar refractivity (Wildman–Crippen MR) is 96.5 cm³/mol. The van der Waals surface area contributed by atoms with Crippen molar-refractivity contribution < 1.29 is 0 Å². The highest BCUT2D eigenvalue weighted by Crippen LogP contribution is 2.51. The van der Waals surface area contributed by atoms with E-state index in [4.69, 9.17) is 0 Å². The summed E-state index contributed by atoms with van der Waals surface area (Å²) in [5.74, 6) is 0.412. The molecule has 0 unspecified atom stereocenters. The van der Waals surface area contributed by atoms with Gasteiger partial charge in [0.05, 0.1) is 0 Å². The number of fused-ring (bicyclic) bond motifs is 4. The molecule has 0 amide bonds. The summed E-state index contributed by atoms with van der Waals surface area (Å²) in [7, 11) is 0. The van der Waals surface area contributed by atoms with Gasteiger partial charge in [0.1, 0.15) is 0 Å². The lowest BCUT2D eigenvalue weighted by molar-refractivity contribution is 0.939. The molecule has 0 spiro atoms. The third-order valence-electron chi connectivity index (χ3n) is 5.47. The van der Waals surface area contributed by atoms with E-state index < -0.39 is 0 Å². The minimum Gasteiger partial charge on any atom is -0.0619 e. The van der Waals surface area contributed by atoms with E-state index in [0.29, 0.717) is 5.92 Å². The van der Waals surface area contributed by atoms with Gasteiger partial charge in [-0.15, -0.1) is 0 Å². The number of benzene rings is 3. The fraction of sp³-hybridized carbons (Fsp3) is 0.130. The van der Waals surface area contributed by atoms with Gasteiger partial charge in [-0.3, -0.25) is 0 Å². The summed E-state index contributed by atoms with van der Waals surface area (Å²) < 4.78 is 0. The van der Waals surface area contributed by atoms with E-state index in [1.807, 2.05) is 0 Å². The van der Waals surface area contributed by atoms with Crippen LogP contribution in [-0.4, -0.2) is 0 Å². The summed E-state index contributed by atoms with van der Waals surface area (Å²) in [5.41, 5.74) is 11.7. The summed E-state index contributed by atoms with van der Waals surface area (Å²) in [5, 5.41) is 0. The maximum Gasteiger partial charge on any atom is 0.0320 e. The van der Waals surface area contributed by atoms with Gasteiger partial charge in [0.15, 0.2) is 0 Å². The Morgan fingerprint density at radius 1 is 0.652 bits per heavy atom. The molecular formula is C23H18. The molecule has 0 aromatic heterocycles. The maximum atomic E-state index is 2.31. The zero-order valence-electron chi connectivity index (χ0n) is 13.2. The minimum atomic E-state index is 0.412. The van der Waals surface area contributed by atoms with Gasteiger partial charge in [-0.2, -0.15) is 0 Å². The Kier molecular flexibility index (Phi) is 2.63. The molecular weight excluding hydrogens is 276 g/mol. The lowest BCUT2D eigenvalue weighted by Gasteiger charge is -2.17. The number of hydrogen-bond acceptors (Lipinski definition) is 0. The van der Waals surface area contributed by atoms with Crippen molar-refractivity contribution in [2.24, 2.45) is 0 Å². The Hall–Kier alpha value is -2.60. The molecule has 3 aromatic rings. The molecule has 0 saturated carbocycles. The first kappa shape index (κ1) is 12.9. The van der Waals surface area contributed by atoms with Crippen LogP contribution in [-0.2, 0) is 6.42 Å². The van der Waals surface area contributed by atoms with Crippen molar-refractivity contribution in [2.75, 3.05) is 0 Å². The average molecular weight is 294 g/mol. The molecule has 3 aromatic carbocycles. The molecule has 2 aliphatic rings. The van der Waals surface area contributed by atoms with Crippen LogP contribution in [0.25, 0.3) is 16.7 Å². The largest absolute Gasteiger partial charge is 0.0619 e. The highest BCUT2D eigenvalue weighted by molar-refractivity contribution is 5.85. The van der Waals surface area contributed by atoms with E-state index in [2.05, 4.69) is 79.7 Å². The normalized spacial score (nSPS) is 15.5. The molecule has 0 heterocycles. The second-order valence-electron chi connectivity index (χ2n) is 6.59. The molecule has 23 heavy (non-hydrogen) atoms. The molecule has 0 N–H and O–H groups in total. The zero-order chi connectivity index (χ0) is 15.4. The van der Waals surface area contributed by atoms with Crippen LogP contribution in [0.1, 0.15) is 35.1 Å². The summed E-state index contributed by atoms with van der Waals surface area (Å²) in [6, 6.07) is 26.7. The highest BCUT2D eigenvalue weighted by atomic mass is 14.4. The average Bonchev–Trinajstić information content (AvgIpc) is 3.11. The van der Waals surface area contributed by atoms with E-state index in [0.717, 1.165) is 6.42 Å². The Morgan fingerprint density at radius 3 is 1.78 bits per heavy atom. The van der Waals surface area contributed by atoms with Crippen molar-refractivity contribution in [3.8, 4) is 11.1 Å². The lowest BCUT2D eigenvalue weighted by Crippen LogP contribution is -2.02. The molecule has 110 valence electrons. The van der Waals surface area contributed by atoms with Gasteiger partial charge in [-0.25, -0.2) is 0 Å². The van der Waals surface area contributed by atoms with Gasteiger partial charge in [0, 0.05) is 5.92 Å². The summed E-state index contributed by atoms with van der Waals surface area (Å²) in [4.78, 5) is 0. The third kappa shape index (κ3) is 1.72. The van der Waals surface area contributed by atoms with E-state index in [1.54, 1.807) is 5.57 Å². The smallest absolute Gasteiger partial charge is 0.0320 e. The molecule has 2 aliphatic carbocycles. The molecule has 0 aliphatic heterocycles. The van der Waals surface area contributed by atoms with Crippen LogP contribution in [0.3, 0.4) is 0 Å². The summed E-state index contributed by atoms with van der Waals surface area (Å²) >= 11 is 0. The van der Waals surface area contributed by atoms with Crippen LogP contribution < -0.4 is 0 Å². The van der Waals surface area contributed by atoms with Gasteiger partial charge < -0.3 is 0 Å². The van der Waals surface area contributed by atoms with Crippen molar-refractivity contribution in [3.63, 3.8) is 0 Å². The van der Waals surface area contributed by atoms with Crippen molar-refractivity contribution >= 4 is 5.57 Å². The van der Waals surface area contributed by atoms with Crippen molar-refractivity contribution in [2.45, 2.75) is 19.3 Å². The minimum absolute atomic E-state index is 0.412. The number of allylic oxidation sites excluding steroid dienone is 2. The van der Waals surface area contributed by atoms with Crippen LogP contribution >= 0.6 is 0 Å². The van der Waals surface area contributed by atoms with Gasteiger partial charge in [-0.1, -0.05) is 78.4 Å².